The topological polar surface area (TPSA) is 0 Å². The van der Waals surface area contributed by atoms with Crippen molar-refractivity contribution in [2.24, 2.45) is 11.8 Å². The molecule has 0 aliphatic heterocycles. The molecule has 1 heteroatoms. The number of hydrogen-bond donors (Lipinski definition) is 0. The highest BCUT2D eigenvalue weighted by Crippen LogP contribution is 2.31. The van der Waals surface area contributed by atoms with E-state index in [4.69, 9.17) is 0 Å². The van der Waals surface area contributed by atoms with Gasteiger partial charge in [0.25, 0.3) is 0 Å². The number of alkyl halides is 1. The van der Waals surface area contributed by atoms with Crippen LogP contribution in [0.4, 0.5) is 0 Å². The van der Waals surface area contributed by atoms with E-state index in [-0.39, 0.29) is 0 Å². The number of hydrogen-bond acceptors (Lipinski definition) is 0. The summed E-state index contributed by atoms with van der Waals surface area (Å²) in [6, 6.07) is 0. The van der Waals surface area contributed by atoms with E-state index in [9.17, 15) is 0 Å². The van der Waals surface area contributed by atoms with Gasteiger partial charge in [0.15, 0.2) is 0 Å². The molecule has 60 valence electrons. The Kier molecular flexibility index (Phi) is 3.75. The van der Waals surface area contributed by atoms with Crippen LogP contribution in [0.3, 0.4) is 0 Å². The summed E-state index contributed by atoms with van der Waals surface area (Å²) in [7, 11) is 0. The molecule has 0 N–H and O–H groups in total. The molecule has 0 aromatic heterocycles. The van der Waals surface area contributed by atoms with Crippen molar-refractivity contribution in [2.75, 3.05) is 5.33 Å². The largest absolute Gasteiger partial charge is 0.0925 e. The molecule has 1 fully saturated rings. The molecular weight excluding hydrogens is 188 g/mol. The first-order chi connectivity index (χ1) is 4.86. The van der Waals surface area contributed by atoms with Crippen LogP contribution in [-0.4, -0.2) is 5.33 Å². The highest BCUT2D eigenvalue weighted by Gasteiger charge is 2.19. The lowest BCUT2D eigenvalue weighted by molar-refractivity contribution is 0.281. The molecule has 0 nitrogen and oxygen atoms in total. The Labute approximate surface area is 72.5 Å². The molecule has 0 aromatic rings. The van der Waals surface area contributed by atoms with Crippen molar-refractivity contribution in [3.05, 3.63) is 0 Å². The second kappa shape index (κ2) is 4.38. The molecule has 10 heavy (non-hydrogen) atoms. The molecule has 1 rings (SSSR count). The minimum Gasteiger partial charge on any atom is -0.0925 e. The average molecular weight is 205 g/mol. The van der Waals surface area contributed by atoms with Crippen molar-refractivity contribution in [3.63, 3.8) is 0 Å². The van der Waals surface area contributed by atoms with Crippen LogP contribution in [-0.2, 0) is 0 Å². The molecule has 2 unspecified atom stereocenters. The van der Waals surface area contributed by atoms with Crippen molar-refractivity contribution in [1.29, 1.82) is 0 Å². The van der Waals surface area contributed by atoms with E-state index in [1.807, 2.05) is 0 Å². The Morgan fingerprint density at radius 3 is 2.60 bits per heavy atom. The first-order valence-corrected chi connectivity index (χ1v) is 5.55. The van der Waals surface area contributed by atoms with Gasteiger partial charge in [0.05, 0.1) is 0 Å². The van der Waals surface area contributed by atoms with Crippen LogP contribution >= 0.6 is 15.9 Å². The van der Waals surface area contributed by atoms with Gasteiger partial charge in [0.2, 0.25) is 0 Å². The van der Waals surface area contributed by atoms with E-state index in [1.54, 1.807) is 0 Å². The summed E-state index contributed by atoms with van der Waals surface area (Å²) >= 11 is 3.57. The SMILES string of the molecule is CCC1CCCC(CBr)C1. The van der Waals surface area contributed by atoms with Gasteiger partial charge < -0.3 is 0 Å². The van der Waals surface area contributed by atoms with Crippen molar-refractivity contribution < 1.29 is 0 Å². The Balaban J connectivity index is 2.25. The fourth-order valence-electron chi connectivity index (χ4n) is 1.91. The lowest BCUT2D eigenvalue weighted by Gasteiger charge is -2.26. The van der Waals surface area contributed by atoms with Crippen molar-refractivity contribution in [3.8, 4) is 0 Å². The maximum atomic E-state index is 3.57. The number of rotatable bonds is 2. The predicted molar refractivity (Wildman–Crippen MR) is 49.5 cm³/mol. The fourth-order valence-corrected chi connectivity index (χ4v) is 2.50. The van der Waals surface area contributed by atoms with Crippen LogP contribution in [0.2, 0.25) is 0 Å². The van der Waals surface area contributed by atoms with Crippen LogP contribution in [0.1, 0.15) is 39.0 Å². The van der Waals surface area contributed by atoms with Crippen molar-refractivity contribution in [1.82, 2.24) is 0 Å². The lowest BCUT2D eigenvalue weighted by Crippen LogP contribution is -2.15. The van der Waals surface area contributed by atoms with Crippen LogP contribution in [0.25, 0.3) is 0 Å². The quantitative estimate of drug-likeness (QED) is 0.604. The molecule has 0 saturated heterocycles. The standard InChI is InChI=1S/C9H17Br/c1-2-8-4-3-5-9(6-8)7-10/h8-9H,2-7H2,1H3. The normalized spacial score (nSPS) is 34.2. The van der Waals surface area contributed by atoms with Crippen LogP contribution in [0.5, 0.6) is 0 Å². The maximum absolute atomic E-state index is 3.57. The monoisotopic (exact) mass is 204 g/mol. The third-order valence-electron chi connectivity index (χ3n) is 2.69. The summed E-state index contributed by atoms with van der Waals surface area (Å²) in [4.78, 5) is 0. The van der Waals surface area contributed by atoms with Crippen LogP contribution < -0.4 is 0 Å². The van der Waals surface area contributed by atoms with E-state index in [1.165, 1.54) is 37.4 Å². The van der Waals surface area contributed by atoms with Crippen molar-refractivity contribution in [2.45, 2.75) is 39.0 Å². The Morgan fingerprint density at radius 2 is 2.00 bits per heavy atom. The molecule has 1 aliphatic carbocycles. The minimum atomic E-state index is 0.985. The first-order valence-electron chi connectivity index (χ1n) is 4.42. The second-order valence-electron chi connectivity index (χ2n) is 3.46. The molecule has 0 spiro atoms. The van der Waals surface area contributed by atoms with E-state index < -0.39 is 0 Å². The van der Waals surface area contributed by atoms with Gasteiger partial charge in [-0.1, -0.05) is 42.1 Å². The van der Waals surface area contributed by atoms with E-state index in [2.05, 4.69) is 22.9 Å². The van der Waals surface area contributed by atoms with Gasteiger partial charge in [0, 0.05) is 5.33 Å². The summed E-state index contributed by atoms with van der Waals surface area (Å²) in [5.41, 5.74) is 0. The summed E-state index contributed by atoms with van der Waals surface area (Å²) < 4.78 is 0. The van der Waals surface area contributed by atoms with E-state index >= 15 is 0 Å². The van der Waals surface area contributed by atoms with Gasteiger partial charge in [-0.15, -0.1) is 0 Å². The minimum absolute atomic E-state index is 0.985. The number of halogens is 1. The van der Waals surface area contributed by atoms with Crippen LogP contribution in [0, 0.1) is 11.8 Å². The Morgan fingerprint density at radius 1 is 1.30 bits per heavy atom. The summed E-state index contributed by atoms with van der Waals surface area (Å²) in [5.74, 6) is 2.02. The molecule has 1 aliphatic rings. The molecular formula is C9H17Br. The third kappa shape index (κ3) is 2.26. The van der Waals surface area contributed by atoms with Gasteiger partial charge in [-0.05, 0) is 24.7 Å². The van der Waals surface area contributed by atoms with Gasteiger partial charge in [0.1, 0.15) is 0 Å². The molecule has 1 saturated carbocycles. The zero-order valence-corrected chi connectivity index (χ0v) is 8.36. The van der Waals surface area contributed by atoms with Gasteiger partial charge >= 0.3 is 0 Å². The summed E-state index contributed by atoms with van der Waals surface area (Å²) in [6.45, 7) is 2.32. The third-order valence-corrected chi connectivity index (χ3v) is 3.60. The average Bonchev–Trinajstić information content (AvgIpc) is 2.05. The van der Waals surface area contributed by atoms with Crippen LogP contribution in [0.15, 0.2) is 0 Å². The summed E-state index contributed by atoms with van der Waals surface area (Å²) in [6.07, 6.45) is 7.28. The Bertz CT molecular complexity index is 80.7. The van der Waals surface area contributed by atoms with Gasteiger partial charge in [-0.3, -0.25) is 0 Å². The summed E-state index contributed by atoms with van der Waals surface area (Å²) in [5, 5.41) is 1.23. The fraction of sp³-hybridized carbons (Fsp3) is 1.00. The first kappa shape index (κ1) is 8.58. The lowest BCUT2D eigenvalue weighted by atomic mass is 9.81. The smallest absolute Gasteiger partial charge is 0.00597 e. The zero-order chi connectivity index (χ0) is 7.40. The maximum Gasteiger partial charge on any atom is 0.00597 e. The van der Waals surface area contributed by atoms with Crippen molar-refractivity contribution >= 4 is 15.9 Å². The second-order valence-corrected chi connectivity index (χ2v) is 4.11. The van der Waals surface area contributed by atoms with Gasteiger partial charge in [-0.2, -0.15) is 0 Å². The molecule has 2 atom stereocenters. The molecule has 0 radical (unpaired) electrons. The Hall–Kier alpha value is 0.480. The molecule has 0 aromatic carbocycles. The molecule has 0 heterocycles. The van der Waals surface area contributed by atoms with E-state index in [0.29, 0.717) is 0 Å². The highest BCUT2D eigenvalue weighted by atomic mass is 79.9. The zero-order valence-electron chi connectivity index (χ0n) is 6.78. The highest BCUT2D eigenvalue weighted by molar-refractivity contribution is 9.09. The van der Waals surface area contributed by atoms with Gasteiger partial charge in [-0.25, -0.2) is 0 Å². The molecule has 0 amide bonds. The molecule has 0 bridgehead atoms. The predicted octanol–water partition coefficient (Wildman–Crippen LogP) is 3.60. The van der Waals surface area contributed by atoms with E-state index in [0.717, 1.165) is 11.8 Å².